The van der Waals surface area contributed by atoms with Crippen LogP contribution in [-0.2, 0) is 0 Å². The SMILES string of the molecule is CC1=C(C2=CC=C(C(C)C)CC2)SCC1C. The van der Waals surface area contributed by atoms with Gasteiger partial charge in [-0.05, 0) is 37.2 Å². The van der Waals surface area contributed by atoms with Crippen LogP contribution < -0.4 is 0 Å². The zero-order chi connectivity index (χ0) is 11.7. The first-order chi connectivity index (χ1) is 7.59. The van der Waals surface area contributed by atoms with E-state index < -0.39 is 0 Å². The Balaban J connectivity index is 2.19. The largest absolute Gasteiger partial charge is 0.125 e. The summed E-state index contributed by atoms with van der Waals surface area (Å²) in [6.45, 7) is 9.24. The van der Waals surface area contributed by atoms with E-state index in [0.717, 1.165) is 5.92 Å². The van der Waals surface area contributed by atoms with Gasteiger partial charge < -0.3 is 0 Å². The summed E-state index contributed by atoms with van der Waals surface area (Å²) in [6, 6.07) is 0. The quantitative estimate of drug-likeness (QED) is 0.651. The standard InChI is InChI=1S/C15H22S/c1-10(2)13-5-7-14(8-6-13)15-12(4)11(3)9-16-15/h5,7,10-11H,6,8-9H2,1-4H3. The van der Waals surface area contributed by atoms with Crippen molar-refractivity contribution in [3.8, 4) is 0 Å². The number of hydrogen-bond donors (Lipinski definition) is 0. The third-order valence-corrected chi connectivity index (χ3v) is 5.33. The molecular weight excluding hydrogens is 212 g/mol. The molecule has 2 rings (SSSR count). The van der Waals surface area contributed by atoms with Crippen LogP contribution in [0, 0.1) is 11.8 Å². The molecule has 0 bridgehead atoms. The molecule has 2 aliphatic rings. The number of hydrogen-bond acceptors (Lipinski definition) is 1. The van der Waals surface area contributed by atoms with Crippen LogP contribution in [-0.4, -0.2) is 5.75 Å². The molecule has 0 N–H and O–H groups in total. The van der Waals surface area contributed by atoms with Crippen LogP contribution in [0.5, 0.6) is 0 Å². The zero-order valence-corrected chi connectivity index (χ0v) is 11.7. The summed E-state index contributed by atoms with van der Waals surface area (Å²) in [7, 11) is 0. The van der Waals surface area contributed by atoms with Gasteiger partial charge in [-0.3, -0.25) is 0 Å². The van der Waals surface area contributed by atoms with Crippen LogP contribution in [0.25, 0.3) is 0 Å². The number of rotatable bonds is 2. The van der Waals surface area contributed by atoms with Crippen molar-refractivity contribution in [2.24, 2.45) is 11.8 Å². The summed E-state index contributed by atoms with van der Waals surface area (Å²) < 4.78 is 0. The molecule has 0 saturated carbocycles. The molecule has 0 fully saturated rings. The summed E-state index contributed by atoms with van der Waals surface area (Å²) in [5.74, 6) is 2.76. The predicted octanol–water partition coefficient (Wildman–Crippen LogP) is 4.95. The van der Waals surface area contributed by atoms with E-state index in [-0.39, 0.29) is 0 Å². The highest BCUT2D eigenvalue weighted by Gasteiger charge is 2.22. The molecule has 1 unspecified atom stereocenters. The molecule has 1 heterocycles. The van der Waals surface area contributed by atoms with E-state index in [0.29, 0.717) is 5.92 Å². The van der Waals surface area contributed by atoms with E-state index in [9.17, 15) is 0 Å². The number of allylic oxidation sites excluding steroid dienone is 5. The van der Waals surface area contributed by atoms with Gasteiger partial charge in [-0.1, -0.05) is 44.1 Å². The summed E-state index contributed by atoms with van der Waals surface area (Å²) in [4.78, 5) is 1.59. The van der Waals surface area contributed by atoms with E-state index >= 15 is 0 Å². The van der Waals surface area contributed by atoms with Crippen molar-refractivity contribution in [1.82, 2.24) is 0 Å². The second-order valence-corrected chi connectivity index (χ2v) is 6.34. The van der Waals surface area contributed by atoms with Crippen LogP contribution in [0.1, 0.15) is 40.5 Å². The molecule has 0 spiro atoms. The van der Waals surface area contributed by atoms with Crippen molar-refractivity contribution in [3.05, 3.63) is 33.8 Å². The van der Waals surface area contributed by atoms with Crippen LogP contribution in [0.4, 0.5) is 0 Å². The molecule has 0 aromatic rings. The fourth-order valence-electron chi connectivity index (χ4n) is 2.34. The van der Waals surface area contributed by atoms with E-state index in [2.05, 4.69) is 51.6 Å². The molecule has 0 aromatic heterocycles. The molecule has 0 amide bonds. The Hall–Kier alpha value is -0.430. The number of thioether (sulfide) groups is 1. The van der Waals surface area contributed by atoms with E-state index in [1.54, 1.807) is 21.6 Å². The van der Waals surface area contributed by atoms with Crippen LogP contribution in [0.3, 0.4) is 0 Å². The van der Waals surface area contributed by atoms with Crippen LogP contribution >= 0.6 is 11.8 Å². The van der Waals surface area contributed by atoms with E-state index in [1.807, 2.05) is 0 Å². The van der Waals surface area contributed by atoms with Crippen LogP contribution in [0.2, 0.25) is 0 Å². The average molecular weight is 234 g/mol. The van der Waals surface area contributed by atoms with Gasteiger partial charge in [-0.25, -0.2) is 0 Å². The molecule has 1 heteroatoms. The molecule has 1 aliphatic heterocycles. The fourth-order valence-corrected chi connectivity index (χ4v) is 3.79. The zero-order valence-electron chi connectivity index (χ0n) is 10.8. The molecule has 0 saturated heterocycles. The van der Waals surface area contributed by atoms with E-state index in [4.69, 9.17) is 0 Å². The summed E-state index contributed by atoms with van der Waals surface area (Å²) >= 11 is 2.06. The van der Waals surface area contributed by atoms with Crippen molar-refractivity contribution in [3.63, 3.8) is 0 Å². The van der Waals surface area contributed by atoms with Gasteiger partial charge >= 0.3 is 0 Å². The lowest BCUT2D eigenvalue weighted by Gasteiger charge is -2.18. The molecule has 1 aliphatic carbocycles. The molecule has 88 valence electrons. The Morgan fingerprint density at radius 1 is 1.25 bits per heavy atom. The van der Waals surface area contributed by atoms with Crippen molar-refractivity contribution in [1.29, 1.82) is 0 Å². The molecule has 0 nitrogen and oxygen atoms in total. The van der Waals surface area contributed by atoms with Crippen molar-refractivity contribution < 1.29 is 0 Å². The molecule has 0 aromatic carbocycles. The van der Waals surface area contributed by atoms with Gasteiger partial charge in [0.25, 0.3) is 0 Å². The highest BCUT2D eigenvalue weighted by atomic mass is 32.2. The second-order valence-electron chi connectivity index (χ2n) is 5.31. The monoisotopic (exact) mass is 234 g/mol. The predicted molar refractivity (Wildman–Crippen MR) is 74.6 cm³/mol. The summed E-state index contributed by atoms with van der Waals surface area (Å²) in [6.07, 6.45) is 7.22. The van der Waals surface area contributed by atoms with Crippen molar-refractivity contribution >= 4 is 11.8 Å². The summed E-state index contributed by atoms with van der Waals surface area (Å²) in [5.41, 5.74) is 4.80. The van der Waals surface area contributed by atoms with Gasteiger partial charge in [-0.2, -0.15) is 0 Å². The topological polar surface area (TPSA) is 0 Å². The maximum atomic E-state index is 2.36. The first kappa shape index (κ1) is 12.0. The van der Waals surface area contributed by atoms with Gasteiger partial charge in [0, 0.05) is 10.7 Å². The second kappa shape index (κ2) is 4.83. The van der Waals surface area contributed by atoms with Gasteiger partial charge in [0.15, 0.2) is 0 Å². The minimum absolute atomic E-state index is 0.711. The Bertz CT molecular complexity index is 369. The van der Waals surface area contributed by atoms with Gasteiger partial charge in [0.2, 0.25) is 0 Å². The van der Waals surface area contributed by atoms with Gasteiger partial charge in [0.1, 0.15) is 0 Å². The van der Waals surface area contributed by atoms with Crippen LogP contribution in [0.15, 0.2) is 33.8 Å². The molecule has 0 radical (unpaired) electrons. The Labute approximate surface area is 104 Å². The highest BCUT2D eigenvalue weighted by molar-refractivity contribution is 8.03. The van der Waals surface area contributed by atoms with Gasteiger partial charge in [0.05, 0.1) is 0 Å². The third-order valence-electron chi connectivity index (χ3n) is 3.79. The first-order valence-corrected chi connectivity index (χ1v) is 7.31. The lowest BCUT2D eigenvalue weighted by atomic mass is 9.89. The molecular formula is C15H22S. The molecule has 16 heavy (non-hydrogen) atoms. The first-order valence-electron chi connectivity index (χ1n) is 6.33. The smallest absolute Gasteiger partial charge is 0.00965 e. The van der Waals surface area contributed by atoms with Crippen molar-refractivity contribution in [2.75, 3.05) is 5.75 Å². The Kier molecular flexibility index (Phi) is 3.63. The minimum atomic E-state index is 0.711. The fraction of sp³-hybridized carbons (Fsp3) is 0.600. The average Bonchev–Trinajstić information content (AvgIpc) is 2.60. The third kappa shape index (κ3) is 2.29. The normalized spacial score (nSPS) is 26.2. The maximum Gasteiger partial charge on any atom is 0.00965 e. The van der Waals surface area contributed by atoms with Gasteiger partial charge in [-0.15, -0.1) is 11.8 Å². The minimum Gasteiger partial charge on any atom is -0.125 e. The highest BCUT2D eigenvalue weighted by Crippen LogP contribution is 2.42. The Morgan fingerprint density at radius 3 is 2.44 bits per heavy atom. The molecule has 1 atom stereocenters. The van der Waals surface area contributed by atoms with Crippen molar-refractivity contribution in [2.45, 2.75) is 40.5 Å². The van der Waals surface area contributed by atoms with E-state index in [1.165, 1.54) is 18.6 Å². The summed E-state index contributed by atoms with van der Waals surface area (Å²) in [5, 5.41) is 0. The Morgan fingerprint density at radius 2 is 2.00 bits per heavy atom. The maximum absolute atomic E-state index is 2.36. The lowest BCUT2D eigenvalue weighted by molar-refractivity contribution is 0.702. The lowest BCUT2D eigenvalue weighted by Crippen LogP contribution is -2.00.